The van der Waals surface area contributed by atoms with Crippen molar-refractivity contribution in [1.82, 2.24) is 4.90 Å². The van der Waals surface area contributed by atoms with Crippen LogP contribution in [0.1, 0.15) is 31.7 Å². The summed E-state index contributed by atoms with van der Waals surface area (Å²) >= 11 is 0. The summed E-state index contributed by atoms with van der Waals surface area (Å²) in [5.41, 5.74) is 7.02. The molecule has 1 aromatic rings. The van der Waals surface area contributed by atoms with E-state index in [1.54, 1.807) is 0 Å². The standard InChI is InChI=1S/C16H26N2O/c1-2-19-16-7-3-5-15(11-16)13-18-10-4-6-14(12-18)8-9-17/h3,5,7,11,14H,2,4,6,8-10,12-13,17H2,1H3. The second-order valence-corrected chi connectivity index (χ2v) is 5.40. The van der Waals surface area contributed by atoms with E-state index in [-0.39, 0.29) is 0 Å². The molecule has 1 aromatic carbocycles. The molecule has 1 aliphatic heterocycles. The summed E-state index contributed by atoms with van der Waals surface area (Å²) in [7, 11) is 0. The number of hydrogen-bond donors (Lipinski definition) is 1. The second-order valence-electron chi connectivity index (χ2n) is 5.40. The third-order valence-corrected chi connectivity index (χ3v) is 3.79. The zero-order chi connectivity index (χ0) is 13.5. The number of rotatable bonds is 6. The van der Waals surface area contributed by atoms with Crippen LogP contribution in [0.25, 0.3) is 0 Å². The maximum Gasteiger partial charge on any atom is 0.119 e. The van der Waals surface area contributed by atoms with E-state index >= 15 is 0 Å². The second kappa shape index (κ2) is 7.51. The van der Waals surface area contributed by atoms with Crippen LogP contribution < -0.4 is 10.5 Å². The van der Waals surface area contributed by atoms with Crippen molar-refractivity contribution in [3.8, 4) is 5.75 Å². The molecule has 1 aliphatic rings. The molecule has 1 heterocycles. The minimum absolute atomic E-state index is 0.728. The fourth-order valence-electron chi connectivity index (χ4n) is 2.92. The highest BCUT2D eigenvalue weighted by Gasteiger charge is 2.19. The van der Waals surface area contributed by atoms with Crippen molar-refractivity contribution in [1.29, 1.82) is 0 Å². The van der Waals surface area contributed by atoms with E-state index in [0.29, 0.717) is 0 Å². The van der Waals surface area contributed by atoms with Crippen molar-refractivity contribution in [3.05, 3.63) is 29.8 Å². The quantitative estimate of drug-likeness (QED) is 0.856. The highest BCUT2D eigenvalue weighted by Crippen LogP contribution is 2.22. The van der Waals surface area contributed by atoms with Crippen LogP contribution in [0.5, 0.6) is 5.75 Å². The molecule has 0 aromatic heterocycles. The van der Waals surface area contributed by atoms with Crippen molar-refractivity contribution in [2.75, 3.05) is 26.2 Å². The Morgan fingerprint density at radius 1 is 1.42 bits per heavy atom. The van der Waals surface area contributed by atoms with Crippen LogP contribution in [0.2, 0.25) is 0 Å². The van der Waals surface area contributed by atoms with Gasteiger partial charge in [0.2, 0.25) is 0 Å². The lowest BCUT2D eigenvalue weighted by atomic mass is 9.94. The van der Waals surface area contributed by atoms with E-state index in [1.165, 1.54) is 31.5 Å². The first-order valence-electron chi connectivity index (χ1n) is 7.46. The Bertz CT molecular complexity index is 379. The molecule has 1 unspecified atom stereocenters. The Labute approximate surface area is 116 Å². The molecule has 3 heteroatoms. The third-order valence-electron chi connectivity index (χ3n) is 3.79. The van der Waals surface area contributed by atoms with Crippen LogP contribution in [0, 0.1) is 5.92 Å². The van der Waals surface area contributed by atoms with Gasteiger partial charge in [-0.05, 0) is 62.9 Å². The Balaban J connectivity index is 1.90. The monoisotopic (exact) mass is 262 g/mol. The summed E-state index contributed by atoms with van der Waals surface area (Å²) in [6.07, 6.45) is 3.80. The Morgan fingerprint density at radius 2 is 2.32 bits per heavy atom. The van der Waals surface area contributed by atoms with Crippen LogP contribution in [-0.4, -0.2) is 31.1 Å². The summed E-state index contributed by atoms with van der Waals surface area (Å²) in [4.78, 5) is 2.55. The lowest BCUT2D eigenvalue weighted by molar-refractivity contribution is 0.163. The zero-order valence-electron chi connectivity index (χ0n) is 12.0. The predicted molar refractivity (Wildman–Crippen MR) is 79.3 cm³/mol. The molecule has 0 spiro atoms. The van der Waals surface area contributed by atoms with E-state index in [2.05, 4.69) is 23.1 Å². The highest BCUT2D eigenvalue weighted by molar-refractivity contribution is 5.28. The average Bonchev–Trinajstić information content (AvgIpc) is 2.40. The molecule has 0 saturated carbocycles. The molecule has 0 bridgehead atoms. The average molecular weight is 262 g/mol. The van der Waals surface area contributed by atoms with Gasteiger partial charge in [-0.15, -0.1) is 0 Å². The molecule has 19 heavy (non-hydrogen) atoms. The van der Waals surface area contributed by atoms with Gasteiger partial charge in [0, 0.05) is 13.1 Å². The van der Waals surface area contributed by atoms with Gasteiger partial charge in [-0.2, -0.15) is 0 Å². The van der Waals surface area contributed by atoms with Crippen LogP contribution in [0.15, 0.2) is 24.3 Å². The van der Waals surface area contributed by atoms with Crippen molar-refractivity contribution in [2.45, 2.75) is 32.7 Å². The smallest absolute Gasteiger partial charge is 0.119 e. The molecule has 0 amide bonds. The molecule has 1 fully saturated rings. The number of piperidine rings is 1. The zero-order valence-corrected chi connectivity index (χ0v) is 12.0. The van der Waals surface area contributed by atoms with Crippen LogP contribution in [-0.2, 0) is 6.54 Å². The van der Waals surface area contributed by atoms with E-state index < -0.39 is 0 Å². The number of likely N-dealkylation sites (tertiary alicyclic amines) is 1. The van der Waals surface area contributed by atoms with Gasteiger partial charge >= 0.3 is 0 Å². The Kier molecular flexibility index (Phi) is 5.67. The largest absolute Gasteiger partial charge is 0.494 e. The number of benzene rings is 1. The topological polar surface area (TPSA) is 38.5 Å². The highest BCUT2D eigenvalue weighted by atomic mass is 16.5. The van der Waals surface area contributed by atoms with Crippen LogP contribution in [0.3, 0.4) is 0 Å². The lowest BCUT2D eigenvalue weighted by Crippen LogP contribution is -2.35. The van der Waals surface area contributed by atoms with Crippen molar-refractivity contribution in [3.63, 3.8) is 0 Å². The summed E-state index contributed by atoms with van der Waals surface area (Å²) in [6, 6.07) is 8.47. The van der Waals surface area contributed by atoms with Gasteiger partial charge in [0.05, 0.1) is 6.61 Å². The first-order valence-corrected chi connectivity index (χ1v) is 7.46. The molecule has 3 nitrogen and oxygen atoms in total. The Hall–Kier alpha value is -1.06. The molecule has 0 radical (unpaired) electrons. The van der Waals surface area contributed by atoms with Crippen molar-refractivity contribution in [2.24, 2.45) is 11.7 Å². The molecule has 1 saturated heterocycles. The van der Waals surface area contributed by atoms with Crippen molar-refractivity contribution < 1.29 is 4.74 Å². The minimum atomic E-state index is 0.728. The molecule has 106 valence electrons. The van der Waals surface area contributed by atoms with Crippen molar-refractivity contribution >= 4 is 0 Å². The molecule has 2 N–H and O–H groups in total. The van der Waals surface area contributed by atoms with Gasteiger partial charge in [-0.25, -0.2) is 0 Å². The van der Waals surface area contributed by atoms with Gasteiger partial charge in [0.25, 0.3) is 0 Å². The van der Waals surface area contributed by atoms with E-state index in [0.717, 1.165) is 37.8 Å². The SMILES string of the molecule is CCOc1cccc(CN2CCCC(CCN)C2)c1. The lowest BCUT2D eigenvalue weighted by Gasteiger charge is -2.32. The summed E-state index contributed by atoms with van der Waals surface area (Å²) in [5, 5.41) is 0. The normalized spacial score (nSPS) is 20.4. The minimum Gasteiger partial charge on any atom is -0.494 e. The van der Waals surface area contributed by atoms with E-state index in [9.17, 15) is 0 Å². The fraction of sp³-hybridized carbons (Fsp3) is 0.625. The van der Waals surface area contributed by atoms with E-state index in [4.69, 9.17) is 10.5 Å². The van der Waals surface area contributed by atoms with Crippen LogP contribution in [0.4, 0.5) is 0 Å². The first-order chi connectivity index (χ1) is 9.31. The maximum absolute atomic E-state index is 5.68. The van der Waals surface area contributed by atoms with Crippen LogP contribution >= 0.6 is 0 Å². The molecule has 0 aliphatic carbocycles. The number of nitrogens with two attached hydrogens (primary N) is 1. The maximum atomic E-state index is 5.68. The summed E-state index contributed by atoms with van der Waals surface area (Å²) < 4.78 is 5.56. The number of hydrogen-bond acceptors (Lipinski definition) is 3. The summed E-state index contributed by atoms with van der Waals surface area (Å²) in [5.74, 6) is 1.77. The summed E-state index contributed by atoms with van der Waals surface area (Å²) in [6.45, 7) is 7.00. The molecule has 2 rings (SSSR count). The third kappa shape index (κ3) is 4.51. The number of nitrogens with zero attached hydrogens (tertiary/aromatic N) is 1. The van der Waals surface area contributed by atoms with Gasteiger partial charge < -0.3 is 10.5 Å². The first kappa shape index (κ1) is 14.4. The van der Waals surface area contributed by atoms with Gasteiger partial charge in [0.1, 0.15) is 5.75 Å². The molecular weight excluding hydrogens is 236 g/mol. The predicted octanol–water partition coefficient (Wildman–Crippen LogP) is 2.65. The van der Waals surface area contributed by atoms with Gasteiger partial charge in [0.15, 0.2) is 0 Å². The van der Waals surface area contributed by atoms with Gasteiger partial charge in [-0.1, -0.05) is 12.1 Å². The number of ether oxygens (including phenoxy) is 1. The Morgan fingerprint density at radius 3 is 3.11 bits per heavy atom. The molecule has 1 atom stereocenters. The molecular formula is C16H26N2O. The van der Waals surface area contributed by atoms with Gasteiger partial charge in [-0.3, -0.25) is 4.90 Å². The fourth-order valence-corrected chi connectivity index (χ4v) is 2.92. The van der Waals surface area contributed by atoms with E-state index in [1.807, 2.05) is 13.0 Å².